The number of nitrogens with zero attached hydrogens (tertiary/aromatic N) is 3. The Labute approximate surface area is 161 Å². The van der Waals surface area contributed by atoms with Gasteiger partial charge in [0.25, 0.3) is 0 Å². The summed E-state index contributed by atoms with van der Waals surface area (Å²) in [4.78, 5) is 17.8. The molecule has 0 radical (unpaired) electrons. The molecule has 2 heterocycles. The molecule has 8 heteroatoms. The second kappa shape index (κ2) is 6.99. The molecule has 0 aliphatic carbocycles. The van der Waals surface area contributed by atoms with E-state index < -0.39 is 5.91 Å². The maximum Gasteiger partial charge on any atom is 0.248 e. The third-order valence-corrected chi connectivity index (χ3v) is 4.41. The van der Waals surface area contributed by atoms with Gasteiger partial charge in [-0.15, -0.1) is 5.10 Å². The predicted octanol–water partition coefficient (Wildman–Crippen LogP) is 1.65. The number of carbonyl (C=O) groups excluding carboxylic acids is 1. The smallest absolute Gasteiger partial charge is 0.248 e. The monoisotopic (exact) mass is 374 g/mol. The molecule has 8 nitrogen and oxygen atoms in total. The van der Waals surface area contributed by atoms with E-state index in [-0.39, 0.29) is 5.84 Å². The van der Waals surface area contributed by atoms with Crippen LogP contribution in [0.5, 0.6) is 0 Å². The maximum absolute atomic E-state index is 11.5. The van der Waals surface area contributed by atoms with Crippen LogP contribution in [-0.4, -0.2) is 41.8 Å². The number of amides is 1. The van der Waals surface area contributed by atoms with E-state index in [4.69, 9.17) is 15.9 Å². The first-order valence-corrected chi connectivity index (χ1v) is 8.62. The van der Waals surface area contributed by atoms with Crippen LogP contribution < -0.4 is 11.2 Å². The Hall–Kier alpha value is -3.94. The lowest BCUT2D eigenvalue weighted by Gasteiger charge is -2.27. The maximum atomic E-state index is 11.5. The van der Waals surface area contributed by atoms with E-state index in [1.165, 1.54) is 0 Å². The van der Waals surface area contributed by atoms with Crippen LogP contribution in [0, 0.1) is 5.41 Å². The lowest BCUT2D eigenvalue weighted by atomic mass is 10.0. The highest BCUT2D eigenvalue weighted by Crippen LogP contribution is 2.21. The standard InChI is InChI=1S/C20H18N6O2/c1-26-11-15(13-8-5-9-14(10-13)18(22)27)23-16(17(26)21)20-25-24-19(28-20)12-6-3-2-4-7-12/h2-10,21,25H,11H2,1H3,(H2,22,27). The van der Waals surface area contributed by atoms with E-state index in [0.717, 1.165) is 11.1 Å². The molecule has 1 amide bonds. The van der Waals surface area contributed by atoms with Gasteiger partial charge >= 0.3 is 0 Å². The number of hydrogen-bond acceptors (Lipinski definition) is 6. The summed E-state index contributed by atoms with van der Waals surface area (Å²) in [5.74, 6) is 0.414. The minimum atomic E-state index is -0.500. The number of hydrazone groups is 1. The highest BCUT2D eigenvalue weighted by atomic mass is 16.5. The number of nitrogens with one attached hydrogen (secondary N) is 2. The molecule has 0 spiro atoms. The predicted molar refractivity (Wildman–Crippen MR) is 106 cm³/mol. The molecular formula is C20H18N6O2. The van der Waals surface area contributed by atoms with Crippen LogP contribution in [0.25, 0.3) is 0 Å². The second-order valence-corrected chi connectivity index (χ2v) is 6.38. The average molecular weight is 374 g/mol. The van der Waals surface area contributed by atoms with Gasteiger partial charge in [0.15, 0.2) is 11.5 Å². The molecule has 0 atom stereocenters. The molecule has 2 aromatic rings. The summed E-state index contributed by atoms with van der Waals surface area (Å²) in [5.41, 5.74) is 11.2. The summed E-state index contributed by atoms with van der Waals surface area (Å²) in [7, 11) is 1.80. The molecule has 0 unspecified atom stereocenters. The first-order chi connectivity index (χ1) is 13.5. The number of benzene rings is 2. The number of amidine groups is 1. The summed E-state index contributed by atoms with van der Waals surface area (Å²) < 4.78 is 5.82. The van der Waals surface area contributed by atoms with Crippen molar-refractivity contribution in [3.8, 4) is 0 Å². The van der Waals surface area contributed by atoms with E-state index in [1.807, 2.05) is 36.4 Å². The normalized spacial score (nSPS) is 18.9. The summed E-state index contributed by atoms with van der Waals surface area (Å²) in [6, 6.07) is 16.4. The number of carbonyl (C=O) groups is 1. The van der Waals surface area contributed by atoms with Gasteiger partial charge in [-0.25, -0.2) is 10.4 Å². The molecule has 2 aromatic carbocycles. The van der Waals surface area contributed by atoms with Gasteiger partial charge in [0, 0.05) is 18.2 Å². The third-order valence-electron chi connectivity index (χ3n) is 4.41. The Balaban J connectivity index is 1.70. The third kappa shape index (κ3) is 3.23. The number of ether oxygens (including phenoxy) is 1. The number of primary amides is 1. The molecule has 0 fully saturated rings. The van der Waals surface area contributed by atoms with Crippen LogP contribution in [-0.2, 0) is 4.74 Å². The number of likely N-dealkylation sites (N-methyl/N-ethyl adjacent to an activating group) is 1. The molecular weight excluding hydrogens is 356 g/mol. The van der Waals surface area contributed by atoms with Crippen molar-refractivity contribution in [3.63, 3.8) is 0 Å². The minimum absolute atomic E-state index is 0.210. The van der Waals surface area contributed by atoms with E-state index >= 15 is 0 Å². The molecule has 2 aliphatic rings. The van der Waals surface area contributed by atoms with Gasteiger partial charge < -0.3 is 15.4 Å². The first-order valence-electron chi connectivity index (χ1n) is 8.62. The zero-order chi connectivity index (χ0) is 19.7. The zero-order valence-corrected chi connectivity index (χ0v) is 15.1. The topological polar surface area (TPSA) is 116 Å². The van der Waals surface area contributed by atoms with Crippen molar-refractivity contribution in [2.45, 2.75) is 0 Å². The van der Waals surface area contributed by atoms with E-state index in [0.29, 0.717) is 35.3 Å². The molecule has 140 valence electrons. The Kier molecular flexibility index (Phi) is 4.36. The fraction of sp³-hybridized carbons (Fsp3) is 0.100. The van der Waals surface area contributed by atoms with Crippen molar-refractivity contribution >= 4 is 23.4 Å². The molecule has 0 saturated heterocycles. The van der Waals surface area contributed by atoms with E-state index in [9.17, 15) is 4.79 Å². The number of hydrogen-bond donors (Lipinski definition) is 3. The largest absolute Gasteiger partial charge is 0.417 e. The Morgan fingerprint density at radius 1 is 1.18 bits per heavy atom. The molecule has 28 heavy (non-hydrogen) atoms. The van der Waals surface area contributed by atoms with Crippen LogP contribution in [0.15, 0.2) is 76.3 Å². The average Bonchev–Trinajstić information content (AvgIpc) is 3.20. The van der Waals surface area contributed by atoms with Crippen molar-refractivity contribution in [3.05, 3.63) is 82.9 Å². The Bertz CT molecular complexity index is 1060. The minimum Gasteiger partial charge on any atom is -0.417 e. The fourth-order valence-corrected chi connectivity index (χ4v) is 2.92. The fourth-order valence-electron chi connectivity index (χ4n) is 2.92. The van der Waals surface area contributed by atoms with Gasteiger partial charge in [-0.2, -0.15) is 0 Å². The highest BCUT2D eigenvalue weighted by Gasteiger charge is 2.28. The number of rotatable bonds is 3. The van der Waals surface area contributed by atoms with E-state index in [2.05, 4.69) is 15.5 Å². The molecule has 0 saturated carbocycles. The Morgan fingerprint density at radius 2 is 1.93 bits per heavy atom. The first kappa shape index (κ1) is 17.5. The van der Waals surface area contributed by atoms with Gasteiger partial charge in [-0.1, -0.05) is 30.3 Å². The van der Waals surface area contributed by atoms with Gasteiger partial charge in [-0.05, 0) is 29.8 Å². The van der Waals surface area contributed by atoms with Crippen molar-refractivity contribution in [1.29, 1.82) is 5.41 Å². The van der Waals surface area contributed by atoms with Crippen molar-refractivity contribution in [1.82, 2.24) is 10.3 Å². The van der Waals surface area contributed by atoms with E-state index in [1.54, 1.807) is 30.1 Å². The second-order valence-electron chi connectivity index (χ2n) is 6.38. The molecule has 0 bridgehead atoms. The zero-order valence-electron chi connectivity index (χ0n) is 15.1. The molecule has 2 aliphatic heterocycles. The summed E-state index contributed by atoms with van der Waals surface area (Å²) >= 11 is 0. The summed E-state index contributed by atoms with van der Waals surface area (Å²) in [6.07, 6.45) is 0. The summed E-state index contributed by atoms with van der Waals surface area (Å²) in [6.45, 7) is 0.421. The molecule has 0 aromatic heterocycles. The SMILES string of the molecule is CN1CC(c2cccc(C(N)=O)c2)=NC(=C2NN=C(c3ccccc3)O2)C1=N. The Morgan fingerprint density at radius 3 is 2.68 bits per heavy atom. The van der Waals surface area contributed by atoms with Crippen molar-refractivity contribution in [2.75, 3.05) is 13.6 Å². The highest BCUT2D eigenvalue weighted by molar-refractivity contribution is 6.12. The van der Waals surface area contributed by atoms with Crippen LogP contribution in [0.3, 0.4) is 0 Å². The van der Waals surface area contributed by atoms with Crippen molar-refractivity contribution in [2.24, 2.45) is 15.8 Å². The number of nitrogens with two attached hydrogens (primary N) is 1. The molecule has 4 rings (SSSR count). The van der Waals surface area contributed by atoms with Gasteiger partial charge in [0.05, 0.1) is 12.3 Å². The van der Waals surface area contributed by atoms with Gasteiger partial charge in [0.1, 0.15) is 0 Å². The van der Waals surface area contributed by atoms with Crippen LogP contribution in [0.4, 0.5) is 0 Å². The van der Waals surface area contributed by atoms with Crippen LogP contribution in [0.1, 0.15) is 21.5 Å². The molecule has 4 N–H and O–H groups in total. The van der Waals surface area contributed by atoms with Crippen molar-refractivity contribution < 1.29 is 9.53 Å². The lowest BCUT2D eigenvalue weighted by Crippen LogP contribution is -2.38. The van der Waals surface area contributed by atoms with Crippen LogP contribution >= 0.6 is 0 Å². The quantitative estimate of drug-likeness (QED) is 0.757. The summed E-state index contributed by atoms with van der Waals surface area (Å²) in [5, 5.41) is 12.6. The number of aliphatic imine (C=N–C) groups is 1. The van der Waals surface area contributed by atoms with Gasteiger partial charge in [-0.3, -0.25) is 10.2 Å². The lowest BCUT2D eigenvalue weighted by molar-refractivity contribution is 0.100. The van der Waals surface area contributed by atoms with Crippen LogP contribution in [0.2, 0.25) is 0 Å². The van der Waals surface area contributed by atoms with Gasteiger partial charge in [0.2, 0.25) is 17.7 Å².